The number of benzene rings is 1. The van der Waals surface area contributed by atoms with Crippen molar-refractivity contribution in [1.82, 2.24) is 0 Å². The molecule has 0 spiro atoms. The Morgan fingerprint density at radius 3 is 2.88 bits per heavy atom. The van der Waals surface area contributed by atoms with E-state index in [1.54, 1.807) is 0 Å². The third-order valence-corrected chi connectivity index (χ3v) is 1.90. The zero-order valence-corrected chi connectivity index (χ0v) is 8.73. The van der Waals surface area contributed by atoms with Crippen LogP contribution in [0.4, 0.5) is 4.39 Å². The third kappa shape index (κ3) is 3.34. The molecule has 16 heavy (non-hydrogen) atoms. The van der Waals surface area contributed by atoms with Crippen LogP contribution in [0.25, 0.3) is 0 Å². The van der Waals surface area contributed by atoms with E-state index in [2.05, 4.69) is 4.74 Å². The molecule has 0 atom stereocenters. The van der Waals surface area contributed by atoms with Crippen LogP contribution in [0.15, 0.2) is 18.2 Å². The van der Waals surface area contributed by atoms with Crippen LogP contribution in [-0.4, -0.2) is 26.0 Å². The lowest BCUT2D eigenvalue weighted by atomic mass is 10.1. The van der Waals surface area contributed by atoms with Gasteiger partial charge in [0, 0.05) is 12.0 Å². The molecule has 0 heterocycles. The van der Waals surface area contributed by atoms with Crippen LogP contribution < -0.4 is 4.74 Å². The fourth-order valence-electron chi connectivity index (χ4n) is 1.13. The summed E-state index contributed by atoms with van der Waals surface area (Å²) in [5, 5.41) is 0. The summed E-state index contributed by atoms with van der Waals surface area (Å²) in [4.78, 5) is 21.2. The van der Waals surface area contributed by atoms with Gasteiger partial charge in [-0.05, 0) is 18.2 Å². The van der Waals surface area contributed by atoms with Gasteiger partial charge in [-0.15, -0.1) is 0 Å². The summed E-state index contributed by atoms with van der Waals surface area (Å²) in [6.45, 7) is -0.270. The van der Waals surface area contributed by atoms with Crippen molar-refractivity contribution in [2.75, 3.05) is 13.7 Å². The average molecular weight is 226 g/mol. The number of esters is 1. The van der Waals surface area contributed by atoms with Crippen LogP contribution in [0.2, 0.25) is 0 Å². The Morgan fingerprint density at radius 2 is 2.25 bits per heavy atom. The maximum atomic E-state index is 12.9. The van der Waals surface area contributed by atoms with Gasteiger partial charge in [0.1, 0.15) is 17.9 Å². The summed E-state index contributed by atoms with van der Waals surface area (Å²) < 4.78 is 22.4. The second kappa shape index (κ2) is 5.85. The lowest BCUT2D eigenvalue weighted by Gasteiger charge is -2.08. The molecule has 1 aromatic carbocycles. The van der Waals surface area contributed by atoms with Gasteiger partial charge in [-0.25, -0.2) is 9.18 Å². The standard InChI is InChI=1S/C11H11FO4/c1-15-11(14)7-16-10-3-2-9(12)6-8(10)4-5-13/h2-3,5-6H,4,7H2,1H3. The van der Waals surface area contributed by atoms with E-state index in [4.69, 9.17) is 4.74 Å². The SMILES string of the molecule is COC(=O)COc1ccc(F)cc1CC=O. The molecule has 0 aliphatic carbocycles. The van der Waals surface area contributed by atoms with Gasteiger partial charge in [0.25, 0.3) is 0 Å². The van der Waals surface area contributed by atoms with E-state index >= 15 is 0 Å². The van der Waals surface area contributed by atoms with Gasteiger partial charge in [-0.1, -0.05) is 0 Å². The van der Waals surface area contributed by atoms with Crippen molar-refractivity contribution in [3.05, 3.63) is 29.6 Å². The first-order chi connectivity index (χ1) is 7.67. The van der Waals surface area contributed by atoms with E-state index in [1.807, 2.05) is 0 Å². The Hall–Kier alpha value is -1.91. The van der Waals surface area contributed by atoms with Crippen molar-refractivity contribution in [2.24, 2.45) is 0 Å². The molecule has 0 radical (unpaired) electrons. The first kappa shape index (κ1) is 12.2. The van der Waals surface area contributed by atoms with Crippen molar-refractivity contribution in [3.8, 4) is 5.75 Å². The average Bonchev–Trinajstić information content (AvgIpc) is 2.28. The Balaban J connectivity index is 2.77. The molecule has 1 rings (SSSR count). The summed E-state index contributed by atoms with van der Waals surface area (Å²) in [6.07, 6.45) is 0.675. The number of halogens is 1. The zero-order valence-electron chi connectivity index (χ0n) is 8.73. The van der Waals surface area contributed by atoms with Gasteiger partial charge in [0.15, 0.2) is 6.61 Å². The van der Waals surface area contributed by atoms with Crippen LogP contribution in [0, 0.1) is 5.82 Å². The number of rotatable bonds is 5. The van der Waals surface area contributed by atoms with E-state index in [1.165, 1.54) is 25.3 Å². The first-order valence-electron chi connectivity index (χ1n) is 4.59. The summed E-state index contributed by atoms with van der Waals surface area (Å²) in [6, 6.07) is 3.76. The van der Waals surface area contributed by atoms with Crippen LogP contribution in [-0.2, 0) is 20.7 Å². The highest BCUT2D eigenvalue weighted by molar-refractivity contribution is 5.71. The van der Waals surface area contributed by atoms with Gasteiger partial charge < -0.3 is 14.3 Å². The number of aldehydes is 1. The quantitative estimate of drug-likeness (QED) is 0.557. The highest BCUT2D eigenvalue weighted by Gasteiger charge is 2.07. The summed E-state index contributed by atoms with van der Waals surface area (Å²) in [7, 11) is 1.24. The fraction of sp³-hybridized carbons (Fsp3) is 0.273. The topological polar surface area (TPSA) is 52.6 Å². The Morgan fingerprint density at radius 1 is 1.50 bits per heavy atom. The van der Waals surface area contributed by atoms with Crippen LogP contribution >= 0.6 is 0 Å². The lowest BCUT2D eigenvalue weighted by molar-refractivity contribution is -0.142. The number of methoxy groups -OCH3 is 1. The molecule has 0 amide bonds. The number of carbonyl (C=O) groups excluding carboxylic acids is 2. The van der Waals surface area contributed by atoms with E-state index in [-0.39, 0.29) is 13.0 Å². The molecule has 0 saturated carbocycles. The fourth-order valence-corrected chi connectivity index (χ4v) is 1.13. The van der Waals surface area contributed by atoms with Gasteiger partial charge in [-0.3, -0.25) is 0 Å². The minimum absolute atomic E-state index is 0.0360. The Bertz CT molecular complexity index is 390. The predicted octanol–water partition coefficient (Wildman–Crippen LogP) is 1.12. The third-order valence-electron chi connectivity index (χ3n) is 1.90. The predicted molar refractivity (Wildman–Crippen MR) is 53.7 cm³/mol. The van der Waals surface area contributed by atoms with Crippen LogP contribution in [0.5, 0.6) is 5.75 Å². The minimum Gasteiger partial charge on any atom is -0.482 e. The highest BCUT2D eigenvalue weighted by atomic mass is 19.1. The molecule has 0 unspecified atom stereocenters. The molecule has 5 heteroatoms. The summed E-state index contributed by atoms with van der Waals surface area (Å²) >= 11 is 0. The van der Waals surface area contributed by atoms with Crippen molar-refractivity contribution >= 4 is 12.3 Å². The van der Waals surface area contributed by atoms with E-state index in [0.717, 1.165) is 0 Å². The normalized spacial score (nSPS) is 9.62. The summed E-state index contributed by atoms with van der Waals surface area (Å²) in [5.41, 5.74) is 0.402. The molecule has 0 fully saturated rings. The summed E-state index contributed by atoms with van der Waals surface area (Å²) in [5.74, 6) is -0.692. The van der Waals surface area contributed by atoms with Crippen molar-refractivity contribution < 1.29 is 23.5 Å². The maximum Gasteiger partial charge on any atom is 0.343 e. The molecule has 0 N–H and O–H groups in total. The van der Waals surface area contributed by atoms with E-state index in [9.17, 15) is 14.0 Å². The molecule has 0 aromatic heterocycles. The monoisotopic (exact) mass is 226 g/mol. The number of hydrogen-bond acceptors (Lipinski definition) is 4. The smallest absolute Gasteiger partial charge is 0.343 e. The zero-order chi connectivity index (χ0) is 12.0. The molecule has 86 valence electrons. The van der Waals surface area contributed by atoms with Crippen molar-refractivity contribution in [1.29, 1.82) is 0 Å². The van der Waals surface area contributed by atoms with Gasteiger partial charge in [0.05, 0.1) is 7.11 Å². The number of ether oxygens (including phenoxy) is 2. The molecule has 4 nitrogen and oxygen atoms in total. The Labute approximate surface area is 92.0 Å². The van der Waals surface area contributed by atoms with Gasteiger partial charge in [-0.2, -0.15) is 0 Å². The second-order valence-electron chi connectivity index (χ2n) is 2.99. The molecular weight excluding hydrogens is 215 g/mol. The molecule has 0 aliphatic heterocycles. The van der Waals surface area contributed by atoms with Crippen LogP contribution in [0.1, 0.15) is 5.56 Å². The highest BCUT2D eigenvalue weighted by Crippen LogP contribution is 2.19. The van der Waals surface area contributed by atoms with E-state index in [0.29, 0.717) is 17.6 Å². The number of hydrogen-bond donors (Lipinski definition) is 0. The largest absolute Gasteiger partial charge is 0.482 e. The second-order valence-corrected chi connectivity index (χ2v) is 2.99. The first-order valence-corrected chi connectivity index (χ1v) is 4.59. The van der Waals surface area contributed by atoms with E-state index < -0.39 is 11.8 Å². The molecule has 0 bridgehead atoms. The van der Waals surface area contributed by atoms with Crippen molar-refractivity contribution in [3.63, 3.8) is 0 Å². The minimum atomic E-state index is -0.540. The molecular formula is C11H11FO4. The molecule has 0 aliphatic rings. The van der Waals surface area contributed by atoms with Crippen LogP contribution in [0.3, 0.4) is 0 Å². The molecule has 0 saturated heterocycles. The lowest BCUT2D eigenvalue weighted by Crippen LogP contribution is -2.13. The maximum absolute atomic E-state index is 12.9. The number of carbonyl (C=O) groups is 2. The van der Waals surface area contributed by atoms with Gasteiger partial charge >= 0.3 is 5.97 Å². The van der Waals surface area contributed by atoms with Gasteiger partial charge in [0.2, 0.25) is 0 Å². The molecule has 1 aromatic rings. The van der Waals surface area contributed by atoms with Crippen molar-refractivity contribution in [2.45, 2.75) is 6.42 Å². The Kier molecular flexibility index (Phi) is 4.44.